The first-order valence-electron chi connectivity index (χ1n) is 7.16. The van der Waals surface area contributed by atoms with E-state index in [9.17, 15) is 9.90 Å². The Morgan fingerprint density at radius 3 is 2.70 bits per heavy atom. The van der Waals surface area contributed by atoms with Gasteiger partial charge in [0.05, 0.1) is 11.5 Å². The Balaban J connectivity index is 2.02. The average Bonchev–Trinajstić information content (AvgIpc) is 2.81. The van der Waals surface area contributed by atoms with E-state index in [2.05, 4.69) is 10.6 Å². The Morgan fingerprint density at radius 1 is 1.40 bits per heavy atom. The van der Waals surface area contributed by atoms with Gasteiger partial charge in [-0.2, -0.15) is 0 Å². The smallest absolute Gasteiger partial charge is 0.230 e. The molecule has 0 bridgehead atoms. The van der Waals surface area contributed by atoms with Gasteiger partial charge in [0.25, 0.3) is 0 Å². The lowest BCUT2D eigenvalue weighted by molar-refractivity contribution is -0.125. The standard InChI is InChI=1S/C16H24N2O2/c1-11-6-4-5-7-13(11)16(2,3)15(20)18-9-12-8-17-10-14(12)19/h4-7,12,14,17,19H,8-10H2,1-3H3,(H,18,20). The van der Waals surface area contributed by atoms with Crippen LogP contribution in [0.4, 0.5) is 0 Å². The van der Waals surface area contributed by atoms with Crippen molar-refractivity contribution in [3.8, 4) is 0 Å². The molecule has 0 radical (unpaired) electrons. The number of β-amino-alcohol motifs (C(OH)–C–C–N with tert-alkyl or cyclic N) is 1. The Hall–Kier alpha value is -1.39. The molecule has 0 aliphatic carbocycles. The summed E-state index contributed by atoms with van der Waals surface area (Å²) in [7, 11) is 0. The molecule has 110 valence electrons. The van der Waals surface area contributed by atoms with Crippen molar-refractivity contribution in [2.45, 2.75) is 32.3 Å². The largest absolute Gasteiger partial charge is 0.391 e. The molecule has 4 nitrogen and oxygen atoms in total. The summed E-state index contributed by atoms with van der Waals surface area (Å²) in [5.41, 5.74) is 1.60. The number of rotatable bonds is 4. The lowest BCUT2D eigenvalue weighted by Crippen LogP contribution is -2.44. The summed E-state index contributed by atoms with van der Waals surface area (Å²) in [6.45, 7) is 7.78. The first-order valence-corrected chi connectivity index (χ1v) is 7.16. The zero-order valence-corrected chi connectivity index (χ0v) is 12.4. The van der Waals surface area contributed by atoms with Gasteiger partial charge in [0.1, 0.15) is 0 Å². The molecule has 1 saturated heterocycles. The molecule has 0 spiro atoms. The van der Waals surface area contributed by atoms with Crippen LogP contribution < -0.4 is 10.6 Å². The Labute approximate surface area is 120 Å². The lowest BCUT2D eigenvalue weighted by Gasteiger charge is -2.27. The van der Waals surface area contributed by atoms with Gasteiger partial charge in [-0.1, -0.05) is 24.3 Å². The summed E-state index contributed by atoms with van der Waals surface area (Å²) in [6.07, 6.45) is -0.364. The van der Waals surface area contributed by atoms with Crippen LogP contribution in [0.25, 0.3) is 0 Å². The van der Waals surface area contributed by atoms with Crippen molar-refractivity contribution >= 4 is 5.91 Å². The fourth-order valence-electron chi connectivity index (χ4n) is 2.77. The highest BCUT2D eigenvalue weighted by Crippen LogP contribution is 2.26. The fourth-order valence-corrected chi connectivity index (χ4v) is 2.77. The number of nitrogens with one attached hydrogen (secondary N) is 2. The van der Waals surface area contributed by atoms with Gasteiger partial charge in [0.2, 0.25) is 5.91 Å². The molecule has 1 aliphatic rings. The van der Waals surface area contributed by atoms with E-state index in [0.29, 0.717) is 13.1 Å². The number of aliphatic hydroxyl groups is 1. The van der Waals surface area contributed by atoms with E-state index in [-0.39, 0.29) is 17.9 Å². The van der Waals surface area contributed by atoms with Crippen LogP contribution in [0.3, 0.4) is 0 Å². The number of hydrogen-bond acceptors (Lipinski definition) is 3. The van der Waals surface area contributed by atoms with Gasteiger partial charge < -0.3 is 15.7 Å². The topological polar surface area (TPSA) is 61.4 Å². The lowest BCUT2D eigenvalue weighted by atomic mass is 9.81. The van der Waals surface area contributed by atoms with Gasteiger partial charge in [0, 0.05) is 25.6 Å². The summed E-state index contributed by atoms with van der Waals surface area (Å²) in [6, 6.07) is 7.96. The number of carbonyl (C=O) groups excluding carboxylic acids is 1. The normalized spacial score (nSPS) is 22.8. The minimum atomic E-state index is -0.567. The monoisotopic (exact) mass is 276 g/mol. The van der Waals surface area contributed by atoms with Crippen LogP contribution in [-0.4, -0.2) is 36.8 Å². The fraction of sp³-hybridized carbons (Fsp3) is 0.562. The molecule has 2 atom stereocenters. The maximum atomic E-state index is 12.5. The van der Waals surface area contributed by atoms with Crippen molar-refractivity contribution in [2.24, 2.45) is 5.92 Å². The van der Waals surface area contributed by atoms with Crippen molar-refractivity contribution in [1.29, 1.82) is 0 Å². The first kappa shape index (κ1) is 15.0. The highest BCUT2D eigenvalue weighted by atomic mass is 16.3. The molecule has 1 aromatic rings. The van der Waals surface area contributed by atoms with Crippen LogP contribution in [0, 0.1) is 12.8 Å². The van der Waals surface area contributed by atoms with Gasteiger partial charge in [-0.15, -0.1) is 0 Å². The molecule has 4 heteroatoms. The van der Waals surface area contributed by atoms with E-state index < -0.39 is 5.41 Å². The zero-order valence-electron chi connectivity index (χ0n) is 12.4. The second kappa shape index (κ2) is 5.94. The number of benzene rings is 1. The predicted molar refractivity (Wildman–Crippen MR) is 79.6 cm³/mol. The highest BCUT2D eigenvalue weighted by Gasteiger charge is 2.32. The van der Waals surface area contributed by atoms with E-state index in [1.165, 1.54) is 0 Å². The maximum Gasteiger partial charge on any atom is 0.230 e. The zero-order chi connectivity index (χ0) is 14.8. The molecular weight excluding hydrogens is 252 g/mol. The van der Waals surface area contributed by atoms with Crippen molar-refractivity contribution in [1.82, 2.24) is 10.6 Å². The van der Waals surface area contributed by atoms with E-state index in [0.717, 1.165) is 17.7 Å². The SMILES string of the molecule is Cc1ccccc1C(C)(C)C(=O)NCC1CNCC1O. The minimum absolute atomic E-state index is 0.00546. The number of amides is 1. The number of hydrogen-bond donors (Lipinski definition) is 3. The van der Waals surface area contributed by atoms with Crippen molar-refractivity contribution < 1.29 is 9.90 Å². The summed E-state index contributed by atoms with van der Waals surface area (Å²) in [4.78, 5) is 12.5. The van der Waals surface area contributed by atoms with Gasteiger partial charge in [-0.3, -0.25) is 4.79 Å². The molecule has 1 amide bonds. The number of aryl methyl sites for hydroxylation is 1. The van der Waals surface area contributed by atoms with Crippen LogP contribution in [0.1, 0.15) is 25.0 Å². The Kier molecular flexibility index (Phi) is 4.45. The predicted octanol–water partition coefficient (Wildman–Crippen LogP) is 0.969. The molecule has 1 aromatic carbocycles. The molecule has 2 unspecified atom stereocenters. The minimum Gasteiger partial charge on any atom is -0.391 e. The number of aliphatic hydroxyl groups excluding tert-OH is 1. The molecule has 2 rings (SSSR count). The molecule has 1 aliphatic heterocycles. The summed E-state index contributed by atoms with van der Waals surface area (Å²) < 4.78 is 0. The van der Waals surface area contributed by atoms with Gasteiger partial charge >= 0.3 is 0 Å². The molecule has 0 saturated carbocycles. The molecule has 1 heterocycles. The second-order valence-electron chi connectivity index (χ2n) is 6.14. The molecular formula is C16H24N2O2. The van der Waals surface area contributed by atoms with Gasteiger partial charge in [-0.05, 0) is 31.9 Å². The quantitative estimate of drug-likeness (QED) is 0.768. The van der Waals surface area contributed by atoms with E-state index in [1.54, 1.807) is 0 Å². The van der Waals surface area contributed by atoms with Crippen LogP contribution >= 0.6 is 0 Å². The van der Waals surface area contributed by atoms with Crippen LogP contribution in [-0.2, 0) is 10.2 Å². The average molecular weight is 276 g/mol. The van der Waals surface area contributed by atoms with Crippen LogP contribution in [0.2, 0.25) is 0 Å². The van der Waals surface area contributed by atoms with Crippen molar-refractivity contribution in [3.05, 3.63) is 35.4 Å². The maximum absolute atomic E-state index is 12.5. The Morgan fingerprint density at radius 2 is 2.10 bits per heavy atom. The highest BCUT2D eigenvalue weighted by molar-refractivity contribution is 5.87. The van der Waals surface area contributed by atoms with Gasteiger partial charge in [-0.25, -0.2) is 0 Å². The third kappa shape index (κ3) is 3.02. The van der Waals surface area contributed by atoms with E-state index in [4.69, 9.17) is 0 Å². The summed E-state index contributed by atoms with van der Waals surface area (Å²) in [5.74, 6) is 0.109. The third-order valence-electron chi connectivity index (χ3n) is 4.22. The molecule has 20 heavy (non-hydrogen) atoms. The van der Waals surface area contributed by atoms with E-state index >= 15 is 0 Å². The number of carbonyl (C=O) groups is 1. The van der Waals surface area contributed by atoms with E-state index in [1.807, 2.05) is 45.0 Å². The van der Waals surface area contributed by atoms with Crippen LogP contribution in [0.15, 0.2) is 24.3 Å². The molecule has 1 fully saturated rings. The second-order valence-corrected chi connectivity index (χ2v) is 6.14. The van der Waals surface area contributed by atoms with Crippen molar-refractivity contribution in [2.75, 3.05) is 19.6 Å². The summed E-state index contributed by atoms with van der Waals surface area (Å²) in [5, 5.41) is 15.9. The molecule has 3 N–H and O–H groups in total. The van der Waals surface area contributed by atoms with Gasteiger partial charge in [0.15, 0.2) is 0 Å². The summed E-state index contributed by atoms with van der Waals surface area (Å²) >= 11 is 0. The third-order valence-corrected chi connectivity index (χ3v) is 4.22. The first-order chi connectivity index (χ1) is 9.43. The molecule has 0 aromatic heterocycles. The Bertz CT molecular complexity index is 485. The van der Waals surface area contributed by atoms with Crippen LogP contribution in [0.5, 0.6) is 0 Å². The van der Waals surface area contributed by atoms with Crippen molar-refractivity contribution in [3.63, 3.8) is 0 Å².